The molecule has 0 aromatic heterocycles. The van der Waals surface area contributed by atoms with Crippen LogP contribution in [-0.4, -0.2) is 40.6 Å². The van der Waals surface area contributed by atoms with Crippen LogP contribution in [0.1, 0.15) is 56.9 Å². The van der Waals surface area contributed by atoms with E-state index in [0.29, 0.717) is 17.7 Å². The molecule has 3 aliphatic heterocycles. The maximum atomic E-state index is 13.8. The molecule has 1 spiro atoms. The normalized spacial score (nSPS) is 32.8. The van der Waals surface area contributed by atoms with Crippen molar-refractivity contribution in [2.45, 2.75) is 69.0 Å². The molecule has 3 heterocycles. The molecule has 0 unspecified atom stereocenters. The van der Waals surface area contributed by atoms with E-state index >= 15 is 0 Å². The van der Waals surface area contributed by atoms with Crippen LogP contribution in [0.4, 0.5) is 5.69 Å². The number of para-hydroxylation sites is 1. The number of nitrogens with one attached hydrogen (secondary N) is 2. The highest BCUT2D eigenvalue weighted by molar-refractivity contribution is 6.15. The van der Waals surface area contributed by atoms with Crippen LogP contribution in [0.25, 0.3) is 0 Å². The number of nitrogens with two attached hydrogens (primary N) is 1. The summed E-state index contributed by atoms with van der Waals surface area (Å²) in [6, 6.07) is 6.72. The van der Waals surface area contributed by atoms with E-state index in [4.69, 9.17) is 5.73 Å². The monoisotopic (exact) mass is 424 g/mol. The Morgan fingerprint density at radius 3 is 2.48 bits per heavy atom. The van der Waals surface area contributed by atoms with E-state index in [-0.39, 0.29) is 30.2 Å². The third kappa shape index (κ3) is 2.91. The van der Waals surface area contributed by atoms with E-state index in [0.717, 1.165) is 38.5 Å². The zero-order chi connectivity index (χ0) is 21.8. The van der Waals surface area contributed by atoms with E-state index in [9.17, 15) is 19.2 Å². The summed E-state index contributed by atoms with van der Waals surface area (Å²) in [5, 5.41) is 6.23. The first-order chi connectivity index (χ1) is 14.9. The van der Waals surface area contributed by atoms with Gasteiger partial charge in [0.05, 0.1) is 11.8 Å². The molecular weight excluding hydrogens is 396 g/mol. The maximum absolute atomic E-state index is 13.8. The van der Waals surface area contributed by atoms with Gasteiger partial charge in [-0.15, -0.1) is 0 Å². The van der Waals surface area contributed by atoms with Crippen LogP contribution < -0.4 is 16.4 Å². The van der Waals surface area contributed by atoms with E-state index in [1.165, 1.54) is 4.90 Å². The number of imide groups is 1. The summed E-state index contributed by atoms with van der Waals surface area (Å²) in [6.07, 6.45) is 6.24. The van der Waals surface area contributed by atoms with Gasteiger partial charge in [-0.3, -0.25) is 29.4 Å². The Hall–Kier alpha value is -2.74. The molecule has 3 fully saturated rings. The Kier molecular flexibility index (Phi) is 4.84. The lowest BCUT2D eigenvalue weighted by molar-refractivity contribution is -0.145. The zero-order valence-corrected chi connectivity index (χ0v) is 17.4. The van der Waals surface area contributed by atoms with Gasteiger partial charge in [-0.25, -0.2) is 0 Å². The van der Waals surface area contributed by atoms with Gasteiger partial charge in [0.15, 0.2) is 0 Å². The van der Waals surface area contributed by atoms with Crippen molar-refractivity contribution < 1.29 is 19.2 Å². The number of anilines is 1. The minimum atomic E-state index is -1.30. The lowest BCUT2D eigenvalue weighted by Gasteiger charge is -2.32. The number of fused-ring (bicyclic) bond motifs is 4. The topological polar surface area (TPSA) is 122 Å². The first-order valence-corrected chi connectivity index (χ1v) is 11.3. The molecule has 8 nitrogen and oxygen atoms in total. The third-order valence-corrected chi connectivity index (χ3v) is 7.55. The Morgan fingerprint density at radius 2 is 1.77 bits per heavy atom. The van der Waals surface area contributed by atoms with Crippen LogP contribution in [0.3, 0.4) is 0 Å². The number of carbonyl (C=O) groups is 4. The molecule has 164 valence electrons. The molecule has 8 heteroatoms. The van der Waals surface area contributed by atoms with Crippen LogP contribution in [0.5, 0.6) is 0 Å². The fourth-order valence-electron chi connectivity index (χ4n) is 6.20. The average molecular weight is 425 g/mol. The molecule has 31 heavy (non-hydrogen) atoms. The quantitative estimate of drug-likeness (QED) is 0.498. The van der Waals surface area contributed by atoms with Crippen LogP contribution in [0, 0.1) is 11.8 Å². The number of hydrogen-bond acceptors (Lipinski definition) is 5. The van der Waals surface area contributed by atoms with Gasteiger partial charge in [-0.2, -0.15) is 0 Å². The SMILES string of the molecule is NC(=O)CC[C@@H]1N[C@@]2(C(=O)Nc3ccccc32)[C@H]2C(=O)N(C3CCCCCC3)C(=O)[C@H]12. The molecule has 0 radical (unpaired) electrons. The number of nitrogens with zero attached hydrogens (tertiary/aromatic N) is 1. The van der Waals surface area contributed by atoms with E-state index < -0.39 is 29.3 Å². The summed E-state index contributed by atoms with van der Waals surface area (Å²) >= 11 is 0. The van der Waals surface area contributed by atoms with Crippen molar-refractivity contribution in [2.24, 2.45) is 17.6 Å². The molecule has 1 aromatic rings. The highest BCUT2D eigenvalue weighted by atomic mass is 16.2. The lowest BCUT2D eigenvalue weighted by atomic mass is 9.76. The van der Waals surface area contributed by atoms with Gasteiger partial charge in [0.2, 0.25) is 23.6 Å². The standard InChI is InChI=1S/C23H28N4O4/c24-17(28)12-11-16-18-19(21(30)27(20(18)29)13-7-3-1-2-4-8-13)23(26-16)14-9-5-6-10-15(14)25-22(23)31/h5-6,9-10,13,16,18-19,26H,1-4,7-8,11-12H2,(H2,24,28)(H,25,31)/t16-,18+,19+,23+/m0/s1. The van der Waals surface area contributed by atoms with Crippen LogP contribution in [0.15, 0.2) is 24.3 Å². The Bertz CT molecular complexity index is 955. The number of likely N-dealkylation sites (tertiary alicyclic amines) is 1. The second kappa shape index (κ2) is 7.44. The smallest absolute Gasteiger partial charge is 0.250 e. The van der Waals surface area contributed by atoms with Gasteiger partial charge in [-0.1, -0.05) is 43.9 Å². The van der Waals surface area contributed by atoms with Crippen molar-refractivity contribution in [1.82, 2.24) is 10.2 Å². The maximum Gasteiger partial charge on any atom is 0.250 e. The molecule has 4 N–H and O–H groups in total. The number of benzene rings is 1. The van der Waals surface area contributed by atoms with Crippen molar-refractivity contribution in [3.05, 3.63) is 29.8 Å². The minimum absolute atomic E-state index is 0.0884. The Morgan fingerprint density at radius 1 is 1.06 bits per heavy atom. The van der Waals surface area contributed by atoms with Gasteiger partial charge >= 0.3 is 0 Å². The summed E-state index contributed by atoms with van der Waals surface area (Å²) in [4.78, 5) is 53.7. The van der Waals surface area contributed by atoms with Crippen molar-refractivity contribution in [3.63, 3.8) is 0 Å². The molecule has 4 amide bonds. The fourth-order valence-corrected chi connectivity index (χ4v) is 6.20. The highest BCUT2D eigenvalue weighted by Gasteiger charge is 2.70. The third-order valence-electron chi connectivity index (χ3n) is 7.55. The fraction of sp³-hybridized carbons (Fsp3) is 0.565. The van der Waals surface area contributed by atoms with E-state index in [1.54, 1.807) is 6.07 Å². The van der Waals surface area contributed by atoms with E-state index in [1.807, 2.05) is 18.2 Å². The van der Waals surface area contributed by atoms with Gasteiger partial charge in [-0.05, 0) is 25.3 Å². The molecular formula is C23H28N4O4. The summed E-state index contributed by atoms with van der Waals surface area (Å²) in [5.41, 5.74) is 5.43. The molecule has 0 bridgehead atoms. The van der Waals surface area contributed by atoms with Crippen LogP contribution in [-0.2, 0) is 24.7 Å². The number of primary amides is 1. The van der Waals surface area contributed by atoms with Gasteiger partial charge in [0, 0.05) is 29.8 Å². The number of hydrogen-bond donors (Lipinski definition) is 3. The average Bonchev–Trinajstić information content (AvgIpc) is 3.21. The molecule has 1 saturated carbocycles. The number of rotatable bonds is 4. The molecule has 4 aliphatic rings. The first-order valence-electron chi connectivity index (χ1n) is 11.3. The van der Waals surface area contributed by atoms with Crippen molar-refractivity contribution >= 4 is 29.3 Å². The molecule has 1 aromatic carbocycles. The van der Waals surface area contributed by atoms with Crippen molar-refractivity contribution in [1.29, 1.82) is 0 Å². The second-order valence-corrected chi connectivity index (χ2v) is 9.26. The van der Waals surface area contributed by atoms with Crippen LogP contribution in [0.2, 0.25) is 0 Å². The minimum Gasteiger partial charge on any atom is -0.370 e. The Labute approximate surface area is 180 Å². The lowest BCUT2D eigenvalue weighted by Crippen LogP contribution is -2.54. The largest absolute Gasteiger partial charge is 0.370 e. The first kappa shape index (κ1) is 20.2. The predicted molar refractivity (Wildman–Crippen MR) is 112 cm³/mol. The summed E-state index contributed by atoms with van der Waals surface area (Å²) in [7, 11) is 0. The summed E-state index contributed by atoms with van der Waals surface area (Å²) in [6.45, 7) is 0. The van der Waals surface area contributed by atoms with Crippen molar-refractivity contribution in [3.8, 4) is 0 Å². The van der Waals surface area contributed by atoms with Gasteiger partial charge in [0.1, 0.15) is 5.54 Å². The number of carbonyl (C=O) groups excluding carboxylic acids is 4. The molecule has 1 aliphatic carbocycles. The predicted octanol–water partition coefficient (Wildman–Crippen LogP) is 1.40. The Balaban J connectivity index is 1.58. The van der Waals surface area contributed by atoms with E-state index in [2.05, 4.69) is 10.6 Å². The highest BCUT2D eigenvalue weighted by Crippen LogP contribution is 2.54. The second-order valence-electron chi connectivity index (χ2n) is 9.26. The summed E-state index contributed by atoms with van der Waals surface area (Å²) in [5.74, 6) is -2.74. The van der Waals surface area contributed by atoms with Gasteiger partial charge in [0.25, 0.3) is 0 Å². The van der Waals surface area contributed by atoms with Crippen molar-refractivity contribution in [2.75, 3.05) is 5.32 Å². The van der Waals surface area contributed by atoms with Crippen LogP contribution >= 0.6 is 0 Å². The summed E-state index contributed by atoms with van der Waals surface area (Å²) < 4.78 is 0. The molecule has 4 atom stereocenters. The molecule has 2 saturated heterocycles. The number of amides is 4. The van der Waals surface area contributed by atoms with Gasteiger partial charge < -0.3 is 11.1 Å². The zero-order valence-electron chi connectivity index (χ0n) is 17.4. The molecule has 5 rings (SSSR count).